The van der Waals surface area contributed by atoms with Gasteiger partial charge in [-0.2, -0.15) is 4.99 Å². The average molecular weight is 370 g/mol. The number of aliphatic hydroxyl groups is 1. The Bertz CT molecular complexity index is 833. The van der Waals surface area contributed by atoms with E-state index in [9.17, 15) is 14.3 Å². The molecule has 5 nitrogen and oxygen atoms in total. The molecule has 0 saturated carbocycles. The van der Waals surface area contributed by atoms with Crippen molar-refractivity contribution in [3.05, 3.63) is 44.7 Å². The van der Waals surface area contributed by atoms with Crippen LogP contribution in [-0.2, 0) is 6.61 Å². The number of rotatable bonds is 2. The number of likely N-dealkylation sites (tertiary alicyclic amines) is 1. The highest BCUT2D eigenvalue weighted by Gasteiger charge is 2.25. The van der Waals surface area contributed by atoms with Crippen LogP contribution in [0.3, 0.4) is 0 Å². The Morgan fingerprint density at radius 2 is 2.33 bits per heavy atom. The van der Waals surface area contributed by atoms with Crippen LogP contribution in [0.1, 0.15) is 16.9 Å². The third-order valence-electron chi connectivity index (χ3n) is 3.87. The van der Waals surface area contributed by atoms with Crippen molar-refractivity contribution in [2.24, 2.45) is 4.99 Å². The number of alkyl halides is 1. The fourth-order valence-electron chi connectivity index (χ4n) is 2.55. The fraction of sp³-hybridized carbons (Fsp3) is 0.375. The van der Waals surface area contributed by atoms with Gasteiger partial charge in [0.1, 0.15) is 6.17 Å². The Morgan fingerprint density at radius 3 is 2.96 bits per heavy atom. The first kappa shape index (κ1) is 17.1. The van der Waals surface area contributed by atoms with Crippen LogP contribution in [0.5, 0.6) is 0 Å². The van der Waals surface area contributed by atoms with Crippen molar-refractivity contribution in [2.75, 3.05) is 13.1 Å². The number of amides is 2. The highest BCUT2D eigenvalue weighted by Crippen LogP contribution is 2.19. The Hall–Kier alpha value is -1.70. The lowest BCUT2D eigenvalue weighted by Crippen LogP contribution is -2.28. The maximum atomic E-state index is 13.3. The van der Waals surface area contributed by atoms with Gasteiger partial charge in [0, 0.05) is 23.5 Å². The highest BCUT2D eigenvalue weighted by molar-refractivity contribution is 7.09. The molecule has 8 heteroatoms. The van der Waals surface area contributed by atoms with Crippen LogP contribution in [0.25, 0.3) is 5.69 Å². The number of benzene rings is 1. The number of aromatic nitrogens is 1. The van der Waals surface area contributed by atoms with Gasteiger partial charge in [-0.05, 0) is 37.1 Å². The molecule has 2 heterocycles. The van der Waals surface area contributed by atoms with Crippen molar-refractivity contribution in [3.8, 4) is 5.69 Å². The van der Waals surface area contributed by atoms with E-state index in [1.54, 1.807) is 16.8 Å². The number of halogens is 2. The van der Waals surface area contributed by atoms with E-state index in [0.29, 0.717) is 27.7 Å². The molecule has 1 aliphatic heterocycles. The lowest BCUT2D eigenvalue weighted by atomic mass is 10.2. The lowest BCUT2D eigenvalue weighted by Gasteiger charge is -2.11. The highest BCUT2D eigenvalue weighted by atomic mass is 35.5. The molecule has 128 valence electrons. The maximum Gasteiger partial charge on any atom is 0.346 e. The second kappa shape index (κ2) is 7.04. The zero-order chi connectivity index (χ0) is 17.3. The monoisotopic (exact) mass is 369 g/mol. The molecule has 2 aromatic rings. The molecule has 1 atom stereocenters. The fourth-order valence-corrected chi connectivity index (χ4v) is 3.50. The van der Waals surface area contributed by atoms with E-state index in [2.05, 4.69) is 4.99 Å². The van der Waals surface area contributed by atoms with Gasteiger partial charge in [0.2, 0.25) is 0 Å². The molecule has 24 heavy (non-hydrogen) atoms. The molecule has 1 aromatic heterocycles. The summed E-state index contributed by atoms with van der Waals surface area (Å²) in [6, 6.07) is 5.02. The summed E-state index contributed by atoms with van der Waals surface area (Å²) in [6.45, 7) is 2.21. The van der Waals surface area contributed by atoms with Crippen molar-refractivity contribution < 1.29 is 14.3 Å². The van der Waals surface area contributed by atoms with Crippen molar-refractivity contribution in [2.45, 2.75) is 26.1 Å². The maximum absolute atomic E-state index is 13.3. The van der Waals surface area contributed by atoms with Gasteiger partial charge in [-0.25, -0.2) is 9.18 Å². The number of aliphatic hydroxyl groups excluding tert-OH is 1. The molecular formula is C16H17ClFN3O2S. The minimum absolute atomic E-state index is 0.0839. The molecule has 2 amide bonds. The normalized spacial score (nSPS) is 18.4. The Labute approximate surface area is 147 Å². The van der Waals surface area contributed by atoms with E-state index in [1.807, 2.05) is 19.1 Å². The topological polar surface area (TPSA) is 57.8 Å². The zero-order valence-corrected chi connectivity index (χ0v) is 14.6. The van der Waals surface area contributed by atoms with Crippen LogP contribution >= 0.6 is 22.9 Å². The Balaban J connectivity index is 2.01. The number of thiazole rings is 1. The Kier molecular flexibility index (Phi) is 5.03. The van der Waals surface area contributed by atoms with Crippen LogP contribution < -0.4 is 4.80 Å². The first-order valence-electron chi connectivity index (χ1n) is 7.54. The third kappa shape index (κ3) is 3.53. The van der Waals surface area contributed by atoms with Gasteiger partial charge in [-0.3, -0.25) is 4.57 Å². The molecule has 0 spiro atoms. The van der Waals surface area contributed by atoms with Gasteiger partial charge in [0.15, 0.2) is 4.80 Å². The van der Waals surface area contributed by atoms with E-state index in [-0.39, 0.29) is 13.2 Å². The van der Waals surface area contributed by atoms with Crippen LogP contribution in [0.15, 0.2) is 29.4 Å². The molecule has 0 aliphatic carbocycles. The summed E-state index contributed by atoms with van der Waals surface area (Å²) in [5.74, 6) is 0. The van der Waals surface area contributed by atoms with Crippen LogP contribution in [-0.4, -0.2) is 39.9 Å². The van der Waals surface area contributed by atoms with Gasteiger partial charge < -0.3 is 10.0 Å². The summed E-state index contributed by atoms with van der Waals surface area (Å²) in [4.78, 5) is 18.9. The second-order valence-electron chi connectivity index (χ2n) is 5.67. The number of urea groups is 1. The first-order chi connectivity index (χ1) is 11.5. The van der Waals surface area contributed by atoms with Crippen molar-refractivity contribution >= 4 is 29.0 Å². The van der Waals surface area contributed by atoms with E-state index in [4.69, 9.17) is 11.6 Å². The number of carbonyl (C=O) groups excluding carboxylic acids is 1. The summed E-state index contributed by atoms with van der Waals surface area (Å²) in [6.07, 6.45) is 1.11. The molecule has 1 saturated heterocycles. The minimum atomic E-state index is -0.980. The lowest BCUT2D eigenvalue weighted by molar-refractivity contribution is 0.213. The van der Waals surface area contributed by atoms with E-state index < -0.39 is 12.2 Å². The zero-order valence-electron chi connectivity index (χ0n) is 13.1. The molecule has 1 aliphatic rings. The van der Waals surface area contributed by atoms with Crippen molar-refractivity contribution in [3.63, 3.8) is 0 Å². The summed E-state index contributed by atoms with van der Waals surface area (Å²) in [7, 11) is 0. The van der Waals surface area contributed by atoms with Crippen LogP contribution in [0.4, 0.5) is 9.18 Å². The van der Waals surface area contributed by atoms with E-state index in [0.717, 1.165) is 11.3 Å². The number of hydrogen-bond acceptors (Lipinski definition) is 3. The van der Waals surface area contributed by atoms with Crippen molar-refractivity contribution in [1.82, 2.24) is 9.47 Å². The second-order valence-corrected chi connectivity index (χ2v) is 7.17. The average Bonchev–Trinajstić information content (AvgIpc) is 3.16. The molecular weight excluding hydrogens is 353 g/mol. The predicted octanol–water partition coefficient (Wildman–Crippen LogP) is 3.06. The SMILES string of the molecule is Cc1cc(-n2cc(CO)sc2=NC(=O)N2CC[C@@H](F)C2)ccc1Cl. The van der Waals surface area contributed by atoms with Gasteiger partial charge in [-0.1, -0.05) is 22.9 Å². The smallest absolute Gasteiger partial charge is 0.346 e. The van der Waals surface area contributed by atoms with Gasteiger partial charge in [0.25, 0.3) is 0 Å². The molecule has 1 N–H and O–H groups in total. The number of nitrogens with zero attached hydrogens (tertiary/aromatic N) is 3. The summed E-state index contributed by atoms with van der Waals surface area (Å²) < 4.78 is 15.0. The van der Waals surface area contributed by atoms with E-state index in [1.165, 1.54) is 16.2 Å². The van der Waals surface area contributed by atoms with Gasteiger partial charge in [-0.15, -0.1) is 0 Å². The molecule has 0 bridgehead atoms. The first-order valence-corrected chi connectivity index (χ1v) is 8.74. The minimum Gasteiger partial charge on any atom is -0.391 e. The number of aryl methyl sites for hydroxylation is 1. The molecule has 0 radical (unpaired) electrons. The van der Waals surface area contributed by atoms with Gasteiger partial charge >= 0.3 is 6.03 Å². The molecule has 1 aromatic carbocycles. The summed E-state index contributed by atoms with van der Waals surface area (Å²) >= 11 is 7.28. The largest absolute Gasteiger partial charge is 0.391 e. The summed E-state index contributed by atoms with van der Waals surface area (Å²) in [5.41, 5.74) is 1.69. The molecule has 3 rings (SSSR count). The quantitative estimate of drug-likeness (QED) is 0.884. The summed E-state index contributed by atoms with van der Waals surface area (Å²) in [5, 5.41) is 10.0. The standard InChI is InChI=1S/C16H17ClFN3O2S/c1-10-6-12(2-3-14(10)17)21-8-13(9-22)24-16(21)19-15(23)20-5-4-11(18)7-20/h2-3,6,8,11,22H,4-5,7,9H2,1H3/t11-/m1/s1. The van der Waals surface area contributed by atoms with Gasteiger partial charge in [0.05, 0.1) is 18.0 Å². The third-order valence-corrected chi connectivity index (χ3v) is 5.26. The van der Waals surface area contributed by atoms with Crippen LogP contribution in [0, 0.1) is 6.92 Å². The van der Waals surface area contributed by atoms with Crippen LogP contribution in [0.2, 0.25) is 5.02 Å². The van der Waals surface area contributed by atoms with E-state index >= 15 is 0 Å². The predicted molar refractivity (Wildman–Crippen MR) is 91.4 cm³/mol. The molecule has 1 fully saturated rings. The number of carbonyl (C=O) groups is 1. The number of hydrogen-bond donors (Lipinski definition) is 1. The van der Waals surface area contributed by atoms with Crippen molar-refractivity contribution in [1.29, 1.82) is 0 Å². The Morgan fingerprint density at radius 1 is 1.54 bits per heavy atom. The molecule has 0 unspecified atom stereocenters.